The summed E-state index contributed by atoms with van der Waals surface area (Å²) in [6.45, 7) is 16.7. The van der Waals surface area contributed by atoms with Crippen molar-refractivity contribution in [1.82, 2.24) is 15.1 Å². The van der Waals surface area contributed by atoms with E-state index in [1.807, 2.05) is 46.4 Å². The van der Waals surface area contributed by atoms with E-state index in [1.54, 1.807) is 24.8 Å². The minimum atomic E-state index is -1.23. The first-order valence-electron chi connectivity index (χ1n) is 10.4. The van der Waals surface area contributed by atoms with E-state index in [2.05, 4.69) is 5.32 Å². The molecule has 0 bridgehead atoms. The molecule has 8 heteroatoms. The minimum absolute atomic E-state index is 0.0763. The highest BCUT2D eigenvalue weighted by molar-refractivity contribution is 5.85. The van der Waals surface area contributed by atoms with Crippen molar-refractivity contribution < 1.29 is 23.8 Å². The van der Waals surface area contributed by atoms with Crippen molar-refractivity contribution >= 4 is 12.0 Å². The largest absolute Gasteiger partial charge is 0.466 e. The fraction of sp³-hybridized carbons (Fsp3) is 0.727. The van der Waals surface area contributed by atoms with Gasteiger partial charge in [0, 0.05) is 31.7 Å². The molecular weight excluding hydrogens is 386 g/mol. The highest BCUT2D eigenvalue weighted by Crippen LogP contribution is 2.27. The average Bonchev–Trinajstić information content (AvgIpc) is 2.97. The lowest BCUT2D eigenvalue weighted by Crippen LogP contribution is -2.62. The number of piperazine rings is 1. The molecule has 170 valence electrons. The van der Waals surface area contributed by atoms with Crippen molar-refractivity contribution in [3.8, 4) is 0 Å². The summed E-state index contributed by atoms with van der Waals surface area (Å²) in [5, 5.41) is 13.7. The molecule has 1 aromatic rings. The van der Waals surface area contributed by atoms with Gasteiger partial charge in [0.05, 0.1) is 12.1 Å². The summed E-state index contributed by atoms with van der Waals surface area (Å²) in [6, 6.07) is 1.79. The minimum Gasteiger partial charge on any atom is -0.466 e. The number of nitrogens with one attached hydrogen (secondary N) is 1. The number of furan rings is 1. The van der Waals surface area contributed by atoms with Crippen LogP contribution in [0.25, 0.3) is 0 Å². The summed E-state index contributed by atoms with van der Waals surface area (Å²) >= 11 is 0. The topological polar surface area (TPSA) is 95.2 Å². The highest BCUT2D eigenvalue weighted by atomic mass is 16.6. The molecule has 1 saturated heterocycles. The molecule has 2 N–H and O–H groups in total. The van der Waals surface area contributed by atoms with Crippen LogP contribution in [0.5, 0.6) is 0 Å². The second-order valence-electron chi connectivity index (χ2n) is 9.80. The van der Waals surface area contributed by atoms with Crippen molar-refractivity contribution in [1.29, 1.82) is 0 Å². The number of ether oxygens (including phenoxy) is 1. The Morgan fingerprint density at radius 1 is 1.10 bits per heavy atom. The second kappa shape index (κ2) is 8.59. The zero-order valence-electron chi connectivity index (χ0n) is 19.6. The Hall–Kier alpha value is -2.06. The van der Waals surface area contributed by atoms with Crippen LogP contribution in [0, 0.1) is 13.8 Å². The molecule has 0 radical (unpaired) electrons. The quantitative estimate of drug-likeness (QED) is 0.756. The number of aliphatic hydroxyl groups is 1. The fourth-order valence-corrected chi connectivity index (χ4v) is 3.65. The van der Waals surface area contributed by atoms with Crippen LogP contribution in [0.15, 0.2) is 10.5 Å². The Kier molecular flexibility index (Phi) is 6.93. The third-order valence-corrected chi connectivity index (χ3v) is 5.49. The Labute approximate surface area is 179 Å². The third kappa shape index (κ3) is 5.76. The number of nitrogens with zero attached hydrogens (tertiary/aromatic N) is 2. The smallest absolute Gasteiger partial charge is 0.410 e. The van der Waals surface area contributed by atoms with E-state index in [0.29, 0.717) is 37.5 Å². The van der Waals surface area contributed by atoms with Crippen LogP contribution < -0.4 is 5.32 Å². The van der Waals surface area contributed by atoms with E-state index in [0.717, 1.165) is 5.76 Å². The van der Waals surface area contributed by atoms with Crippen LogP contribution in [0.1, 0.15) is 58.6 Å². The second-order valence-corrected chi connectivity index (χ2v) is 9.80. The molecule has 0 spiro atoms. The standard InChI is InChI=1S/C22H37N3O5/c1-15-13-17(16(2)29-15)22(8,28)14-23-18(26)21(6,7)25-11-9-24(10-12-25)19(27)30-20(3,4)5/h13,28H,9-12,14H2,1-8H3,(H,23,26)/t22-/m0/s1. The van der Waals surface area contributed by atoms with Crippen LogP contribution >= 0.6 is 0 Å². The van der Waals surface area contributed by atoms with Crippen molar-refractivity contribution in [2.24, 2.45) is 0 Å². The van der Waals surface area contributed by atoms with E-state index in [4.69, 9.17) is 9.15 Å². The van der Waals surface area contributed by atoms with Gasteiger partial charge in [0.2, 0.25) is 5.91 Å². The predicted molar refractivity (Wildman–Crippen MR) is 114 cm³/mol. The van der Waals surface area contributed by atoms with Crippen molar-refractivity contribution in [2.45, 2.75) is 72.1 Å². The van der Waals surface area contributed by atoms with Gasteiger partial charge in [-0.2, -0.15) is 0 Å². The zero-order chi connectivity index (χ0) is 22.9. The van der Waals surface area contributed by atoms with Gasteiger partial charge >= 0.3 is 6.09 Å². The molecule has 0 unspecified atom stereocenters. The van der Waals surface area contributed by atoms with Gasteiger partial charge in [0.1, 0.15) is 22.7 Å². The van der Waals surface area contributed by atoms with Gasteiger partial charge in [-0.1, -0.05) is 0 Å². The molecule has 2 heterocycles. The first-order valence-corrected chi connectivity index (χ1v) is 10.4. The van der Waals surface area contributed by atoms with Crippen LogP contribution in [0.4, 0.5) is 4.79 Å². The Morgan fingerprint density at radius 2 is 1.67 bits per heavy atom. The lowest BCUT2D eigenvalue weighted by Gasteiger charge is -2.43. The van der Waals surface area contributed by atoms with Gasteiger partial charge in [0.15, 0.2) is 0 Å². The van der Waals surface area contributed by atoms with E-state index in [-0.39, 0.29) is 18.5 Å². The number of hydrogen-bond donors (Lipinski definition) is 2. The maximum Gasteiger partial charge on any atom is 0.410 e. The Balaban J connectivity index is 1.93. The molecule has 0 aromatic carbocycles. The first kappa shape index (κ1) is 24.2. The normalized spacial score (nSPS) is 18.1. The van der Waals surface area contributed by atoms with E-state index >= 15 is 0 Å². The molecule has 1 atom stereocenters. The maximum absolute atomic E-state index is 12.9. The summed E-state index contributed by atoms with van der Waals surface area (Å²) in [7, 11) is 0. The Morgan fingerprint density at radius 3 is 2.13 bits per heavy atom. The molecule has 30 heavy (non-hydrogen) atoms. The van der Waals surface area contributed by atoms with E-state index in [1.165, 1.54) is 0 Å². The van der Waals surface area contributed by atoms with Crippen LogP contribution in [0.3, 0.4) is 0 Å². The zero-order valence-corrected chi connectivity index (χ0v) is 19.6. The molecule has 2 amide bonds. The molecule has 2 rings (SSSR count). The molecule has 1 aliphatic heterocycles. The summed E-state index contributed by atoms with van der Waals surface area (Å²) in [5.74, 6) is 1.19. The number of carbonyl (C=O) groups excluding carboxylic acids is 2. The van der Waals surface area contributed by atoms with Gasteiger partial charge in [0.25, 0.3) is 0 Å². The molecule has 8 nitrogen and oxygen atoms in total. The van der Waals surface area contributed by atoms with Crippen LogP contribution in [0.2, 0.25) is 0 Å². The lowest BCUT2D eigenvalue weighted by molar-refractivity contribution is -0.134. The number of hydrogen-bond acceptors (Lipinski definition) is 6. The van der Waals surface area contributed by atoms with Crippen molar-refractivity contribution in [3.05, 3.63) is 23.2 Å². The third-order valence-electron chi connectivity index (χ3n) is 5.49. The van der Waals surface area contributed by atoms with Crippen LogP contribution in [-0.2, 0) is 15.1 Å². The van der Waals surface area contributed by atoms with Gasteiger partial charge in [-0.15, -0.1) is 0 Å². The number of aryl methyl sites for hydroxylation is 2. The van der Waals surface area contributed by atoms with Crippen molar-refractivity contribution in [3.63, 3.8) is 0 Å². The summed E-state index contributed by atoms with van der Waals surface area (Å²) in [5.41, 5.74) is -1.87. The molecule has 1 aliphatic rings. The number of amides is 2. The van der Waals surface area contributed by atoms with Gasteiger partial charge in [-0.3, -0.25) is 9.69 Å². The van der Waals surface area contributed by atoms with Crippen molar-refractivity contribution in [2.75, 3.05) is 32.7 Å². The van der Waals surface area contributed by atoms with Gasteiger partial charge < -0.3 is 24.5 Å². The lowest BCUT2D eigenvalue weighted by atomic mass is 9.95. The highest BCUT2D eigenvalue weighted by Gasteiger charge is 2.39. The van der Waals surface area contributed by atoms with Gasteiger partial charge in [-0.05, 0) is 61.5 Å². The summed E-state index contributed by atoms with van der Waals surface area (Å²) in [6.07, 6.45) is -0.328. The monoisotopic (exact) mass is 423 g/mol. The SMILES string of the molecule is Cc1cc([C@@](C)(O)CNC(=O)C(C)(C)N2CCN(C(=O)OC(C)(C)C)CC2)c(C)o1. The predicted octanol–water partition coefficient (Wildman–Crippen LogP) is 2.55. The fourth-order valence-electron chi connectivity index (χ4n) is 3.65. The number of rotatable bonds is 5. The molecular formula is C22H37N3O5. The van der Waals surface area contributed by atoms with Gasteiger partial charge in [-0.25, -0.2) is 4.79 Å². The molecule has 0 aliphatic carbocycles. The average molecular weight is 424 g/mol. The molecule has 1 fully saturated rings. The maximum atomic E-state index is 12.9. The Bertz CT molecular complexity index is 768. The molecule has 0 saturated carbocycles. The van der Waals surface area contributed by atoms with E-state index < -0.39 is 16.7 Å². The van der Waals surface area contributed by atoms with E-state index in [9.17, 15) is 14.7 Å². The summed E-state index contributed by atoms with van der Waals surface area (Å²) in [4.78, 5) is 28.9. The van der Waals surface area contributed by atoms with Crippen LogP contribution in [-0.4, -0.2) is 70.8 Å². The summed E-state index contributed by atoms with van der Waals surface area (Å²) < 4.78 is 10.9. The first-order chi connectivity index (χ1) is 13.6. The number of carbonyl (C=O) groups is 2. The molecule has 1 aromatic heterocycles.